The van der Waals surface area contributed by atoms with Crippen molar-refractivity contribution in [2.24, 2.45) is 0 Å². The number of ether oxygens (including phenoxy) is 1. The molecule has 1 aliphatic carbocycles. The second-order valence-corrected chi connectivity index (χ2v) is 4.72. The minimum atomic E-state index is 0.416. The van der Waals surface area contributed by atoms with Crippen LogP contribution < -0.4 is 5.32 Å². The first-order valence-corrected chi connectivity index (χ1v) is 6.46. The lowest BCUT2D eigenvalue weighted by atomic mass is 10.2. The highest BCUT2D eigenvalue weighted by Crippen LogP contribution is 2.23. The van der Waals surface area contributed by atoms with Crippen molar-refractivity contribution in [2.75, 3.05) is 32.8 Å². The molecule has 2 fully saturated rings. The molecule has 2 rings (SSSR count). The maximum Gasteiger partial charge on any atom is 0.0826 e. The Morgan fingerprint density at radius 2 is 2.13 bits per heavy atom. The molecule has 1 saturated carbocycles. The molecule has 0 radical (unpaired) electrons. The van der Waals surface area contributed by atoms with Gasteiger partial charge in [0.25, 0.3) is 0 Å². The lowest BCUT2D eigenvalue weighted by Gasteiger charge is -2.33. The first kappa shape index (κ1) is 11.4. The first-order valence-electron chi connectivity index (χ1n) is 6.46. The van der Waals surface area contributed by atoms with Gasteiger partial charge in [-0.25, -0.2) is 0 Å². The fraction of sp³-hybridized carbons (Fsp3) is 1.00. The number of hydrogen-bond donors (Lipinski definition) is 1. The molecule has 0 aromatic heterocycles. The summed E-state index contributed by atoms with van der Waals surface area (Å²) >= 11 is 0. The van der Waals surface area contributed by atoms with Crippen LogP contribution >= 0.6 is 0 Å². The standard InChI is InChI=1S/C12H24N2O/c1-2-14(11-5-3-4-6-11)10-12-9-13-7-8-15-12/h11-13H,2-10H2,1H3. The molecule has 1 saturated heterocycles. The van der Waals surface area contributed by atoms with Crippen LogP contribution in [-0.4, -0.2) is 49.8 Å². The fourth-order valence-corrected chi connectivity index (χ4v) is 2.80. The summed E-state index contributed by atoms with van der Waals surface area (Å²) in [5, 5.41) is 3.40. The maximum absolute atomic E-state index is 5.77. The molecule has 1 N–H and O–H groups in total. The number of nitrogens with one attached hydrogen (secondary N) is 1. The molecule has 1 atom stereocenters. The number of morpholine rings is 1. The number of rotatable bonds is 4. The van der Waals surface area contributed by atoms with Gasteiger partial charge in [-0.3, -0.25) is 4.90 Å². The fourth-order valence-electron chi connectivity index (χ4n) is 2.80. The van der Waals surface area contributed by atoms with Crippen molar-refractivity contribution in [3.8, 4) is 0 Å². The smallest absolute Gasteiger partial charge is 0.0826 e. The van der Waals surface area contributed by atoms with Gasteiger partial charge in [-0.05, 0) is 19.4 Å². The highest BCUT2D eigenvalue weighted by molar-refractivity contribution is 4.80. The third kappa shape index (κ3) is 3.16. The minimum absolute atomic E-state index is 0.416. The summed E-state index contributed by atoms with van der Waals surface area (Å²) in [5.41, 5.74) is 0. The van der Waals surface area contributed by atoms with Crippen LogP contribution in [0, 0.1) is 0 Å². The van der Waals surface area contributed by atoms with Crippen molar-refractivity contribution in [1.82, 2.24) is 10.2 Å². The van der Waals surface area contributed by atoms with Crippen LogP contribution in [0.25, 0.3) is 0 Å². The summed E-state index contributed by atoms with van der Waals surface area (Å²) in [6, 6.07) is 0.834. The molecule has 0 amide bonds. The molecule has 1 unspecified atom stereocenters. The van der Waals surface area contributed by atoms with E-state index in [0.29, 0.717) is 6.10 Å². The van der Waals surface area contributed by atoms with Crippen molar-refractivity contribution in [3.63, 3.8) is 0 Å². The second kappa shape index (κ2) is 5.83. The van der Waals surface area contributed by atoms with E-state index in [2.05, 4.69) is 17.1 Å². The molecule has 0 aromatic rings. The van der Waals surface area contributed by atoms with E-state index < -0.39 is 0 Å². The van der Waals surface area contributed by atoms with Crippen LogP contribution in [0.1, 0.15) is 32.6 Å². The average Bonchev–Trinajstić information content (AvgIpc) is 2.81. The topological polar surface area (TPSA) is 24.5 Å². The minimum Gasteiger partial charge on any atom is -0.374 e. The molecule has 3 heteroatoms. The quantitative estimate of drug-likeness (QED) is 0.759. The molecule has 0 aromatic carbocycles. The van der Waals surface area contributed by atoms with E-state index >= 15 is 0 Å². The lowest BCUT2D eigenvalue weighted by molar-refractivity contribution is -0.00155. The van der Waals surface area contributed by atoms with Crippen molar-refractivity contribution < 1.29 is 4.74 Å². The van der Waals surface area contributed by atoms with Crippen molar-refractivity contribution >= 4 is 0 Å². The van der Waals surface area contributed by atoms with Gasteiger partial charge in [0.2, 0.25) is 0 Å². The first-order chi connectivity index (χ1) is 7.40. The van der Waals surface area contributed by atoms with Crippen molar-refractivity contribution in [1.29, 1.82) is 0 Å². The molecule has 0 bridgehead atoms. The Kier molecular flexibility index (Phi) is 4.42. The van der Waals surface area contributed by atoms with Crippen LogP contribution in [0.5, 0.6) is 0 Å². The Morgan fingerprint density at radius 1 is 1.33 bits per heavy atom. The van der Waals surface area contributed by atoms with E-state index in [4.69, 9.17) is 4.74 Å². The molecular weight excluding hydrogens is 188 g/mol. The molecule has 1 heterocycles. The third-order valence-corrected chi connectivity index (χ3v) is 3.69. The van der Waals surface area contributed by atoms with Crippen LogP contribution in [0.2, 0.25) is 0 Å². The summed E-state index contributed by atoms with van der Waals surface area (Å²) in [6.45, 7) is 7.50. The van der Waals surface area contributed by atoms with Gasteiger partial charge in [0.1, 0.15) is 0 Å². The summed E-state index contributed by atoms with van der Waals surface area (Å²) in [5.74, 6) is 0. The van der Waals surface area contributed by atoms with Gasteiger partial charge in [-0.2, -0.15) is 0 Å². The highest BCUT2D eigenvalue weighted by Gasteiger charge is 2.24. The van der Waals surface area contributed by atoms with Gasteiger partial charge in [0, 0.05) is 25.7 Å². The largest absolute Gasteiger partial charge is 0.374 e. The Balaban J connectivity index is 1.78. The predicted molar refractivity (Wildman–Crippen MR) is 62.1 cm³/mol. The number of nitrogens with zero attached hydrogens (tertiary/aromatic N) is 1. The zero-order valence-electron chi connectivity index (χ0n) is 9.87. The molecular formula is C12H24N2O. The predicted octanol–water partition coefficient (Wildman–Crippen LogP) is 1.24. The van der Waals surface area contributed by atoms with E-state index in [1.54, 1.807) is 0 Å². The Bertz CT molecular complexity index is 174. The Morgan fingerprint density at radius 3 is 2.73 bits per heavy atom. The zero-order chi connectivity index (χ0) is 10.5. The molecule has 15 heavy (non-hydrogen) atoms. The average molecular weight is 212 g/mol. The highest BCUT2D eigenvalue weighted by atomic mass is 16.5. The molecule has 0 spiro atoms. The van der Waals surface area contributed by atoms with Gasteiger partial charge < -0.3 is 10.1 Å². The summed E-state index contributed by atoms with van der Waals surface area (Å²) in [7, 11) is 0. The lowest BCUT2D eigenvalue weighted by Crippen LogP contribution is -2.47. The van der Waals surface area contributed by atoms with E-state index in [1.165, 1.54) is 32.2 Å². The van der Waals surface area contributed by atoms with Crippen LogP contribution in [-0.2, 0) is 4.74 Å². The normalized spacial score (nSPS) is 28.8. The van der Waals surface area contributed by atoms with E-state index in [1.807, 2.05) is 0 Å². The van der Waals surface area contributed by atoms with Gasteiger partial charge in [0.05, 0.1) is 12.7 Å². The maximum atomic E-state index is 5.77. The number of hydrogen-bond acceptors (Lipinski definition) is 3. The van der Waals surface area contributed by atoms with Crippen molar-refractivity contribution in [2.45, 2.75) is 44.8 Å². The van der Waals surface area contributed by atoms with Crippen LogP contribution in [0.3, 0.4) is 0 Å². The molecule has 2 aliphatic rings. The summed E-state index contributed by atoms with van der Waals surface area (Å²) in [6.07, 6.45) is 6.05. The van der Waals surface area contributed by atoms with Gasteiger partial charge in [-0.1, -0.05) is 19.8 Å². The Labute approximate surface area is 93.2 Å². The Hall–Kier alpha value is -0.120. The van der Waals surface area contributed by atoms with E-state index in [9.17, 15) is 0 Å². The zero-order valence-corrected chi connectivity index (χ0v) is 9.87. The van der Waals surface area contributed by atoms with E-state index in [-0.39, 0.29) is 0 Å². The molecule has 88 valence electrons. The number of likely N-dealkylation sites (N-methyl/N-ethyl adjacent to an activating group) is 1. The van der Waals surface area contributed by atoms with Gasteiger partial charge in [0.15, 0.2) is 0 Å². The van der Waals surface area contributed by atoms with Crippen LogP contribution in [0.4, 0.5) is 0 Å². The van der Waals surface area contributed by atoms with Crippen molar-refractivity contribution in [3.05, 3.63) is 0 Å². The van der Waals surface area contributed by atoms with Gasteiger partial charge in [-0.15, -0.1) is 0 Å². The molecule has 3 nitrogen and oxygen atoms in total. The SMILES string of the molecule is CCN(CC1CNCCO1)C1CCCC1. The molecule has 1 aliphatic heterocycles. The third-order valence-electron chi connectivity index (χ3n) is 3.69. The monoisotopic (exact) mass is 212 g/mol. The summed E-state index contributed by atoms with van der Waals surface area (Å²) < 4.78 is 5.77. The second-order valence-electron chi connectivity index (χ2n) is 4.72. The van der Waals surface area contributed by atoms with Gasteiger partial charge >= 0.3 is 0 Å². The van der Waals surface area contributed by atoms with Crippen LogP contribution in [0.15, 0.2) is 0 Å². The summed E-state index contributed by atoms with van der Waals surface area (Å²) in [4.78, 5) is 2.62. The van der Waals surface area contributed by atoms with E-state index in [0.717, 1.165) is 32.3 Å².